The number of carbonyl (C=O) groups excluding carboxylic acids is 2. The molecule has 0 aromatic heterocycles. The largest absolute Gasteiger partial charge is 0.497 e. The predicted molar refractivity (Wildman–Crippen MR) is 141 cm³/mol. The van der Waals surface area contributed by atoms with Crippen molar-refractivity contribution in [2.75, 3.05) is 41.0 Å². The number of carbonyl (C=O) groups is 2. The Morgan fingerprint density at radius 2 is 1.71 bits per heavy atom. The first-order chi connectivity index (χ1) is 18.4. The predicted octanol–water partition coefficient (Wildman–Crippen LogP) is 4.31. The van der Waals surface area contributed by atoms with E-state index in [1.165, 1.54) is 35.2 Å². The molecule has 4 rings (SSSR count). The third kappa shape index (κ3) is 6.00. The number of benzene rings is 3. The van der Waals surface area contributed by atoms with Gasteiger partial charge in [0.25, 0.3) is 11.8 Å². The summed E-state index contributed by atoms with van der Waals surface area (Å²) in [5.41, 5.74) is 2.30. The van der Waals surface area contributed by atoms with Gasteiger partial charge in [-0.3, -0.25) is 9.59 Å². The van der Waals surface area contributed by atoms with Crippen LogP contribution in [0.3, 0.4) is 0 Å². The number of nitrogens with zero attached hydrogens (tertiary/aromatic N) is 3. The summed E-state index contributed by atoms with van der Waals surface area (Å²) in [6.07, 6.45) is 0.463. The van der Waals surface area contributed by atoms with Crippen molar-refractivity contribution < 1.29 is 28.2 Å². The fraction of sp³-hybridized carbons (Fsp3) is 0.276. The molecule has 8 nitrogen and oxygen atoms in total. The number of rotatable bonds is 10. The first-order valence-electron chi connectivity index (χ1n) is 12.2. The van der Waals surface area contributed by atoms with Gasteiger partial charge in [-0.2, -0.15) is 5.10 Å². The van der Waals surface area contributed by atoms with Gasteiger partial charge < -0.3 is 19.1 Å². The van der Waals surface area contributed by atoms with Crippen LogP contribution >= 0.6 is 0 Å². The van der Waals surface area contributed by atoms with Gasteiger partial charge in [-0.15, -0.1) is 0 Å². The maximum atomic E-state index is 14.4. The van der Waals surface area contributed by atoms with Crippen LogP contribution in [0.5, 0.6) is 11.5 Å². The summed E-state index contributed by atoms with van der Waals surface area (Å²) in [7, 11) is 4.68. The summed E-state index contributed by atoms with van der Waals surface area (Å²) in [5, 5.41) is 6.10. The van der Waals surface area contributed by atoms with Crippen molar-refractivity contribution in [3.8, 4) is 11.5 Å². The lowest BCUT2D eigenvalue weighted by Gasteiger charge is -2.27. The zero-order valence-electron chi connectivity index (χ0n) is 21.6. The van der Waals surface area contributed by atoms with E-state index in [2.05, 4.69) is 5.10 Å². The zero-order chi connectivity index (χ0) is 27.1. The van der Waals surface area contributed by atoms with Crippen molar-refractivity contribution in [3.05, 3.63) is 95.3 Å². The van der Waals surface area contributed by atoms with E-state index in [1.54, 1.807) is 20.3 Å². The average Bonchev–Trinajstić information content (AvgIpc) is 3.41. The molecule has 0 unspecified atom stereocenters. The van der Waals surface area contributed by atoms with Crippen molar-refractivity contribution in [1.82, 2.24) is 9.91 Å². The Kier molecular flexibility index (Phi) is 8.70. The molecule has 0 fully saturated rings. The number of methoxy groups -OCH3 is 3. The first kappa shape index (κ1) is 26.8. The Labute approximate surface area is 221 Å². The van der Waals surface area contributed by atoms with E-state index in [1.807, 2.05) is 48.5 Å². The van der Waals surface area contributed by atoms with Gasteiger partial charge in [-0.1, -0.05) is 36.4 Å². The molecule has 38 heavy (non-hydrogen) atoms. The molecule has 0 saturated heterocycles. The third-order valence-corrected chi connectivity index (χ3v) is 6.35. The van der Waals surface area contributed by atoms with Crippen LogP contribution in [0, 0.1) is 5.82 Å². The number of halogens is 1. The van der Waals surface area contributed by atoms with E-state index < -0.39 is 23.7 Å². The molecule has 0 saturated carbocycles. The van der Waals surface area contributed by atoms with Crippen LogP contribution in [0.1, 0.15) is 33.9 Å². The molecular formula is C29H30FN3O5. The summed E-state index contributed by atoms with van der Waals surface area (Å²) >= 11 is 0. The highest BCUT2D eigenvalue weighted by Crippen LogP contribution is 2.34. The van der Waals surface area contributed by atoms with Crippen molar-refractivity contribution in [3.63, 3.8) is 0 Å². The zero-order valence-corrected chi connectivity index (χ0v) is 21.6. The molecular weight excluding hydrogens is 489 g/mol. The number of ether oxygens (including phenoxy) is 3. The molecule has 0 aliphatic carbocycles. The van der Waals surface area contributed by atoms with E-state index in [0.717, 1.165) is 11.1 Å². The maximum absolute atomic E-state index is 14.4. The normalized spacial score (nSPS) is 14.7. The molecule has 1 atom stereocenters. The van der Waals surface area contributed by atoms with E-state index in [-0.39, 0.29) is 25.3 Å². The molecule has 9 heteroatoms. The Bertz CT molecular complexity index is 1310. The fourth-order valence-electron chi connectivity index (χ4n) is 4.30. The van der Waals surface area contributed by atoms with Crippen LogP contribution in [0.15, 0.2) is 77.9 Å². The first-order valence-corrected chi connectivity index (χ1v) is 12.2. The van der Waals surface area contributed by atoms with E-state index in [9.17, 15) is 14.0 Å². The highest BCUT2D eigenvalue weighted by Gasteiger charge is 2.35. The molecule has 2 amide bonds. The van der Waals surface area contributed by atoms with E-state index >= 15 is 0 Å². The lowest BCUT2D eigenvalue weighted by atomic mass is 9.98. The van der Waals surface area contributed by atoms with Crippen LogP contribution in [-0.2, 0) is 9.53 Å². The minimum Gasteiger partial charge on any atom is -0.497 e. The maximum Gasteiger partial charge on any atom is 0.262 e. The summed E-state index contributed by atoms with van der Waals surface area (Å²) in [6.45, 7) is 0.00862. The van der Waals surface area contributed by atoms with Crippen molar-refractivity contribution in [2.45, 2.75) is 12.5 Å². The Hall–Kier alpha value is -4.24. The lowest BCUT2D eigenvalue weighted by molar-refractivity contribution is -0.133. The van der Waals surface area contributed by atoms with Gasteiger partial charge in [0.2, 0.25) is 0 Å². The third-order valence-electron chi connectivity index (χ3n) is 6.35. The van der Waals surface area contributed by atoms with Crippen LogP contribution < -0.4 is 9.47 Å². The van der Waals surface area contributed by atoms with E-state index in [0.29, 0.717) is 23.6 Å². The number of hydrogen-bond donors (Lipinski definition) is 0. The van der Waals surface area contributed by atoms with Gasteiger partial charge in [-0.25, -0.2) is 9.40 Å². The van der Waals surface area contributed by atoms with Crippen LogP contribution in [0.4, 0.5) is 4.39 Å². The molecule has 0 N–H and O–H groups in total. The number of hydrazone groups is 1. The molecule has 1 aliphatic rings. The number of amides is 2. The Balaban J connectivity index is 1.65. The SMILES string of the molecule is COCCN(CC(=O)N1N=C(c2cccc(OC)c2)C[C@H]1c1ccc(OC)cc1)C(=O)c1ccccc1F. The van der Waals surface area contributed by atoms with Crippen molar-refractivity contribution >= 4 is 17.5 Å². The molecule has 0 spiro atoms. The molecule has 3 aromatic carbocycles. The van der Waals surface area contributed by atoms with Crippen LogP contribution in [0.25, 0.3) is 0 Å². The smallest absolute Gasteiger partial charge is 0.262 e. The minimum atomic E-state index is -0.650. The average molecular weight is 520 g/mol. The molecule has 0 radical (unpaired) electrons. The summed E-state index contributed by atoms with van der Waals surface area (Å²) in [5.74, 6) is -0.268. The van der Waals surface area contributed by atoms with Gasteiger partial charge in [0.1, 0.15) is 23.9 Å². The topological polar surface area (TPSA) is 80.7 Å². The number of hydrogen-bond acceptors (Lipinski definition) is 6. The van der Waals surface area contributed by atoms with Gasteiger partial charge in [-0.05, 0) is 42.0 Å². The standard InChI is InChI=1S/C29H30FN3O5/c1-36-16-15-32(29(35)24-9-4-5-10-25(24)30)19-28(34)33-27(20-11-13-22(37-2)14-12-20)18-26(31-33)21-7-6-8-23(17-21)38-3/h4-14,17,27H,15-16,18-19H2,1-3H3/t27-/m0/s1. The second kappa shape index (κ2) is 12.3. The fourth-order valence-corrected chi connectivity index (χ4v) is 4.30. The summed E-state index contributed by atoms with van der Waals surface area (Å²) in [4.78, 5) is 28.2. The summed E-state index contributed by atoms with van der Waals surface area (Å²) < 4.78 is 30.2. The molecule has 3 aromatic rings. The second-order valence-corrected chi connectivity index (χ2v) is 8.71. The summed E-state index contributed by atoms with van der Waals surface area (Å²) in [6, 6.07) is 20.2. The quantitative estimate of drug-likeness (QED) is 0.399. The van der Waals surface area contributed by atoms with Gasteiger partial charge in [0.05, 0.1) is 38.1 Å². The molecule has 0 bridgehead atoms. The molecule has 1 aliphatic heterocycles. The van der Waals surface area contributed by atoms with Gasteiger partial charge in [0.15, 0.2) is 0 Å². The van der Waals surface area contributed by atoms with E-state index in [4.69, 9.17) is 14.2 Å². The van der Waals surface area contributed by atoms with Crippen LogP contribution in [0.2, 0.25) is 0 Å². The molecule has 1 heterocycles. The Morgan fingerprint density at radius 3 is 2.39 bits per heavy atom. The van der Waals surface area contributed by atoms with Crippen molar-refractivity contribution in [2.24, 2.45) is 5.10 Å². The van der Waals surface area contributed by atoms with Gasteiger partial charge >= 0.3 is 0 Å². The minimum absolute atomic E-state index is 0.106. The van der Waals surface area contributed by atoms with Crippen LogP contribution in [-0.4, -0.2) is 68.5 Å². The molecule has 198 valence electrons. The monoisotopic (exact) mass is 519 g/mol. The highest BCUT2D eigenvalue weighted by molar-refractivity contribution is 6.04. The second-order valence-electron chi connectivity index (χ2n) is 8.71. The lowest BCUT2D eigenvalue weighted by Crippen LogP contribution is -2.43. The van der Waals surface area contributed by atoms with Gasteiger partial charge in [0, 0.05) is 25.6 Å². The highest BCUT2D eigenvalue weighted by atomic mass is 19.1. The Morgan fingerprint density at radius 1 is 0.974 bits per heavy atom. The van der Waals surface area contributed by atoms with Crippen molar-refractivity contribution in [1.29, 1.82) is 0 Å².